The second kappa shape index (κ2) is 5.69. The molecule has 106 valence electrons. The molecule has 1 atom stereocenters. The second-order valence-corrected chi connectivity index (χ2v) is 5.32. The Kier molecular flexibility index (Phi) is 4.16. The molecule has 1 heterocycles. The molecule has 1 unspecified atom stereocenters. The van der Waals surface area contributed by atoms with Crippen molar-refractivity contribution in [2.45, 2.75) is 18.9 Å². The van der Waals surface area contributed by atoms with Crippen LogP contribution in [0.15, 0.2) is 36.5 Å². The fourth-order valence-electron chi connectivity index (χ4n) is 2.12. The van der Waals surface area contributed by atoms with Gasteiger partial charge >= 0.3 is 0 Å². The molecule has 2 aromatic rings. The summed E-state index contributed by atoms with van der Waals surface area (Å²) in [6.45, 7) is 1.70. The maximum Gasteiger partial charge on any atom is 0.129 e. The molecular weight excluding hydrogens is 276 g/mol. The Hall–Kier alpha value is -1.78. The van der Waals surface area contributed by atoms with Crippen LogP contribution in [-0.4, -0.2) is 17.2 Å². The van der Waals surface area contributed by atoms with Gasteiger partial charge in [-0.2, -0.15) is 0 Å². The highest BCUT2D eigenvalue weighted by Crippen LogP contribution is 2.30. The first-order valence-corrected chi connectivity index (χ1v) is 6.57. The van der Waals surface area contributed by atoms with Gasteiger partial charge in [0.05, 0.1) is 17.7 Å². The zero-order chi connectivity index (χ0) is 14.8. The van der Waals surface area contributed by atoms with E-state index in [4.69, 9.17) is 22.1 Å². The van der Waals surface area contributed by atoms with Crippen molar-refractivity contribution < 1.29 is 9.84 Å². The fraction of sp³-hybridized carbons (Fsp3) is 0.267. The summed E-state index contributed by atoms with van der Waals surface area (Å²) >= 11 is 5.92. The van der Waals surface area contributed by atoms with E-state index < -0.39 is 5.60 Å². The maximum absolute atomic E-state index is 10.7. The summed E-state index contributed by atoms with van der Waals surface area (Å²) in [6, 6.07) is 9.16. The van der Waals surface area contributed by atoms with Crippen LogP contribution >= 0.6 is 11.6 Å². The van der Waals surface area contributed by atoms with E-state index in [0.29, 0.717) is 17.0 Å². The Balaban J connectivity index is 2.27. The van der Waals surface area contributed by atoms with Crippen molar-refractivity contribution in [2.75, 3.05) is 12.8 Å². The highest BCUT2D eigenvalue weighted by atomic mass is 35.5. The van der Waals surface area contributed by atoms with Crippen molar-refractivity contribution in [1.29, 1.82) is 0 Å². The van der Waals surface area contributed by atoms with Gasteiger partial charge in [-0.05, 0) is 30.7 Å². The van der Waals surface area contributed by atoms with Gasteiger partial charge in [0.25, 0.3) is 0 Å². The van der Waals surface area contributed by atoms with Crippen LogP contribution < -0.4 is 10.5 Å². The summed E-state index contributed by atoms with van der Waals surface area (Å²) < 4.78 is 5.11. The van der Waals surface area contributed by atoms with E-state index in [2.05, 4.69) is 4.98 Å². The molecule has 5 heteroatoms. The van der Waals surface area contributed by atoms with Crippen LogP contribution in [0.3, 0.4) is 0 Å². The van der Waals surface area contributed by atoms with Gasteiger partial charge in [0.1, 0.15) is 11.6 Å². The third-order valence-electron chi connectivity index (χ3n) is 3.17. The third-order valence-corrected chi connectivity index (χ3v) is 3.38. The molecule has 0 aliphatic rings. The standard InChI is InChI=1S/C15H17ClN2O2/c1-15(19,13-7-11(16)9-18-14(13)17)8-10-3-5-12(20-2)6-4-10/h3-7,9,19H,8H2,1-2H3,(H2,17,18). The van der Waals surface area contributed by atoms with Gasteiger partial charge in [0, 0.05) is 18.2 Å². The predicted octanol–water partition coefficient (Wildman–Crippen LogP) is 2.78. The Morgan fingerprint density at radius 3 is 2.60 bits per heavy atom. The molecule has 0 bridgehead atoms. The first-order chi connectivity index (χ1) is 9.42. The van der Waals surface area contributed by atoms with Crippen molar-refractivity contribution in [3.8, 4) is 5.75 Å². The number of nitrogens with zero attached hydrogens (tertiary/aromatic N) is 1. The van der Waals surface area contributed by atoms with E-state index in [-0.39, 0.29) is 5.82 Å². The predicted molar refractivity (Wildman–Crippen MR) is 79.9 cm³/mol. The van der Waals surface area contributed by atoms with Crippen LogP contribution in [0.2, 0.25) is 5.02 Å². The molecule has 20 heavy (non-hydrogen) atoms. The lowest BCUT2D eigenvalue weighted by atomic mass is 9.89. The summed E-state index contributed by atoms with van der Waals surface area (Å²) in [6.07, 6.45) is 1.87. The molecule has 0 fully saturated rings. The topological polar surface area (TPSA) is 68.4 Å². The zero-order valence-electron chi connectivity index (χ0n) is 11.4. The van der Waals surface area contributed by atoms with Crippen molar-refractivity contribution in [2.24, 2.45) is 0 Å². The van der Waals surface area contributed by atoms with Gasteiger partial charge in [-0.15, -0.1) is 0 Å². The molecule has 4 nitrogen and oxygen atoms in total. The van der Waals surface area contributed by atoms with Gasteiger partial charge in [-0.25, -0.2) is 4.98 Å². The molecule has 0 radical (unpaired) electrons. The number of anilines is 1. The average Bonchev–Trinajstić information content (AvgIpc) is 2.42. The van der Waals surface area contributed by atoms with Crippen LogP contribution in [-0.2, 0) is 12.0 Å². The number of nitrogen functional groups attached to an aromatic ring is 1. The quantitative estimate of drug-likeness (QED) is 0.909. The summed E-state index contributed by atoms with van der Waals surface area (Å²) in [5, 5.41) is 11.1. The van der Waals surface area contributed by atoms with E-state index >= 15 is 0 Å². The van der Waals surface area contributed by atoms with E-state index in [1.807, 2.05) is 24.3 Å². The highest BCUT2D eigenvalue weighted by Gasteiger charge is 2.27. The minimum atomic E-state index is -1.14. The van der Waals surface area contributed by atoms with Crippen molar-refractivity contribution in [3.05, 3.63) is 52.7 Å². The lowest BCUT2D eigenvalue weighted by molar-refractivity contribution is 0.0581. The number of aromatic nitrogens is 1. The van der Waals surface area contributed by atoms with Gasteiger partial charge in [-0.3, -0.25) is 0 Å². The van der Waals surface area contributed by atoms with Crippen LogP contribution in [0.5, 0.6) is 5.75 Å². The van der Waals surface area contributed by atoms with E-state index in [9.17, 15) is 5.11 Å². The van der Waals surface area contributed by atoms with Crippen molar-refractivity contribution >= 4 is 17.4 Å². The largest absolute Gasteiger partial charge is 0.497 e. The van der Waals surface area contributed by atoms with E-state index in [1.54, 1.807) is 20.1 Å². The minimum Gasteiger partial charge on any atom is -0.497 e. The highest BCUT2D eigenvalue weighted by molar-refractivity contribution is 6.30. The Morgan fingerprint density at radius 2 is 2.00 bits per heavy atom. The van der Waals surface area contributed by atoms with Crippen LogP contribution in [0.4, 0.5) is 5.82 Å². The number of ether oxygens (including phenoxy) is 1. The summed E-state index contributed by atoms with van der Waals surface area (Å²) in [5.74, 6) is 1.06. The first-order valence-electron chi connectivity index (χ1n) is 6.19. The van der Waals surface area contributed by atoms with Crippen LogP contribution in [0.25, 0.3) is 0 Å². The molecule has 0 aliphatic heterocycles. The average molecular weight is 293 g/mol. The van der Waals surface area contributed by atoms with E-state index in [1.165, 1.54) is 6.20 Å². The summed E-state index contributed by atoms with van der Waals surface area (Å²) in [7, 11) is 1.61. The van der Waals surface area contributed by atoms with E-state index in [0.717, 1.165) is 11.3 Å². The first kappa shape index (κ1) is 14.6. The Labute approximate surface area is 123 Å². The Morgan fingerprint density at radius 1 is 1.35 bits per heavy atom. The molecule has 2 rings (SSSR count). The number of pyridine rings is 1. The number of hydrogen-bond donors (Lipinski definition) is 2. The SMILES string of the molecule is COc1ccc(CC(C)(O)c2cc(Cl)cnc2N)cc1. The number of nitrogens with two attached hydrogens (primary N) is 1. The normalized spacial score (nSPS) is 13.8. The number of methoxy groups -OCH3 is 1. The lowest BCUT2D eigenvalue weighted by Crippen LogP contribution is -2.26. The maximum atomic E-state index is 10.7. The second-order valence-electron chi connectivity index (χ2n) is 4.89. The van der Waals surface area contributed by atoms with Gasteiger partial charge < -0.3 is 15.6 Å². The summed E-state index contributed by atoms with van der Waals surface area (Å²) in [4.78, 5) is 3.98. The fourth-order valence-corrected chi connectivity index (χ4v) is 2.28. The molecule has 1 aromatic heterocycles. The van der Waals surface area contributed by atoms with Crippen molar-refractivity contribution in [1.82, 2.24) is 4.98 Å². The summed E-state index contributed by atoms with van der Waals surface area (Å²) in [5.41, 5.74) is 6.18. The minimum absolute atomic E-state index is 0.285. The third kappa shape index (κ3) is 3.21. The van der Waals surface area contributed by atoms with Gasteiger partial charge in [0.2, 0.25) is 0 Å². The smallest absolute Gasteiger partial charge is 0.129 e. The number of halogens is 1. The monoisotopic (exact) mass is 292 g/mol. The molecule has 0 saturated carbocycles. The Bertz CT molecular complexity index is 597. The molecule has 0 aliphatic carbocycles. The van der Waals surface area contributed by atoms with Crippen LogP contribution in [0.1, 0.15) is 18.1 Å². The molecule has 1 aromatic carbocycles. The molecule has 0 saturated heterocycles. The number of hydrogen-bond acceptors (Lipinski definition) is 4. The van der Waals surface area contributed by atoms with Gasteiger partial charge in [0.15, 0.2) is 0 Å². The zero-order valence-corrected chi connectivity index (χ0v) is 12.2. The lowest BCUT2D eigenvalue weighted by Gasteiger charge is -2.25. The van der Waals surface area contributed by atoms with Crippen LogP contribution in [0, 0.1) is 0 Å². The number of aliphatic hydroxyl groups is 1. The van der Waals surface area contributed by atoms with Crippen molar-refractivity contribution in [3.63, 3.8) is 0 Å². The van der Waals surface area contributed by atoms with Gasteiger partial charge in [-0.1, -0.05) is 23.7 Å². The number of rotatable bonds is 4. The molecule has 0 spiro atoms. The molecule has 3 N–H and O–H groups in total. The number of benzene rings is 1. The molecular formula is C15H17ClN2O2. The molecule has 0 amide bonds.